The van der Waals surface area contributed by atoms with Gasteiger partial charge in [-0.15, -0.1) is 0 Å². The summed E-state index contributed by atoms with van der Waals surface area (Å²) in [6, 6.07) is 12.4. The summed E-state index contributed by atoms with van der Waals surface area (Å²) in [5.41, 5.74) is 1.03. The van der Waals surface area contributed by atoms with Crippen LogP contribution >= 0.6 is 0 Å². The zero-order valence-electron chi connectivity index (χ0n) is 17.0. The molecule has 3 rings (SSSR count). The van der Waals surface area contributed by atoms with Gasteiger partial charge in [0.2, 0.25) is 15.9 Å². The maximum atomic E-state index is 13.2. The third-order valence-electron chi connectivity index (χ3n) is 5.14. The van der Waals surface area contributed by atoms with Gasteiger partial charge < -0.3 is 14.2 Å². The summed E-state index contributed by atoms with van der Waals surface area (Å²) in [5, 5.41) is 0. The Kier molecular flexibility index (Phi) is 7.10. The molecule has 8 heteroatoms. The SMILES string of the molecule is COCCCN(CC(=O)N(Cc1cccn1C)C1CC1)S(=O)(=O)c1ccccc1. The highest BCUT2D eigenvalue weighted by atomic mass is 32.2. The van der Waals surface area contributed by atoms with Gasteiger partial charge in [-0.3, -0.25) is 4.79 Å². The van der Waals surface area contributed by atoms with Crippen molar-refractivity contribution >= 4 is 15.9 Å². The average molecular weight is 420 g/mol. The Labute approximate surface area is 172 Å². The summed E-state index contributed by atoms with van der Waals surface area (Å²) in [4.78, 5) is 15.2. The molecule has 0 unspecified atom stereocenters. The van der Waals surface area contributed by atoms with Gasteiger partial charge in [-0.25, -0.2) is 8.42 Å². The lowest BCUT2D eigenvalue weighted by molar-refractivity contribution is -0.132. The summed E-state index contributed by atoms with van der Waals surface area (Å²) in [6.07, 6.45) is 4.40. The molecular formula is C21H29N3O4S. The molecule has 1 heterocycles. The fourth-order valence-electron chi connectivity index (χ4n) is 3.30. The monoisotopic (exact) mass is 419 g/mol. The lowest BCUT2D eigenvalue weighted by atomic mass is 10.3. The van der Waals surface area contributed by atoms with Crippen molar-refractivity contribution in [1.82, 2.24) is 13.8 Å². The Morgan fingerprint density at radius 2 is 1.90 bits per heavy atom. The van der Waals surface area contributed by atoms with E-state index in [1.807, 2.05) is 34.8 Å². The molecule has 0 spiro atoms. The first-order chi connectivity index (χ1) is 13.9. The van der Waals surface area contributed by atoms with Crippen molar-refractivity contribution in [1.29, 1.82) is 0 Å². The molecule has 1 amide bonds. The molecule has 0 atom stereocenters. The Morgan fingerprint density at radius 3 is 2.48 bits per heavy atom. The van der Waals surface area contributed by atoms with Crippen LogP contribution in [-0.4, -0.2) is 60.9 Å². The Balaban J connectivity index is 1.78. The number of hydrogen-bond donors (Lipinski definition) is 0. The maximum absolute atomic E-state index is 13.2. The highest BCUT2D eigenvalue weighted by Crippen LogP contribution is 2.29. The number of amides is 1. The first kappa shape index (κ1) is 21.5. The second kappa shape index (κ2) is 9.56. The number of hydrogen-bond acceptors (Lipinski definition) is 4. The van der Waals surface area contributed by atoms with Crippen LogP contribution in [0, 0.1) is 0 Å². The van der Waals surface area contributed by atoms with Crippen LogP contribution in [-0.2, 0) is 33.1 Å². The molecule has 0 bridgehead atoms. The Morgan fingerprint density at radius 1 is 1.17 bits per heavy atom. The predicted octanol–water partition coefficient (Wildman–Crippen LogP) is 2.24. The summed E-state index contributed by atoms with van der Waals surface area (Å²) in [7, 11) is -0.235. The number of aromatic nitrogens is 1. The lowest BCUT2D eigenvalue weighted by Gasteiger charge is -2.27. The van der Waals surface area contributed by atoms with Gasteiger partial charge in [-0.2, -0.15) is 4.31 Å². The van der Waals surface area contributed by atoms with Crippen molar-refractivity contribution < 1.29 is 17.9 Å². The van der Waals surface area contributed by atoms with E-state index in [0.29, 0.717) is 19.6 Å². The van der Waals surface area contributed by atoms with E-state index in [1.54, 1.807) is 37.4 Å². The standard InChI is InChI=1S/C21H29N3O4S/c1-22-13-6-8-19(22)16-24(18-11-12-18)21(25)17-23(14-7-15-28-2)29(26,27)20-9-4-3-5-10-20/h3-6,8-10,13,18H,7,11-12,14-17H2,1-2H3. The number of sulfonamides is 1. The van der Waals surface area contributed by atoms with Crippen molar-refractivity contribution in [3.8, 4) is 0 Å². The van der Waals surface area contributed by atoms with Crippen LogP contribution in [0.1, 0.15) is 25.0 Å². The van der Waals surface area contributed by atoms with Crippen molar-refractivity contribution in [3.63, 3.8) is 0 Å². The number of carbonyl (C=O) groups is 1. The largest absolute Gasteiger partial charge is 0.385 e. The smallest absolute Gasteiger partial charge is 0.243 e. The molecule has 29 heavy (non-hydrogen) atoms. The quantitative estimate of drug-likeness (QED) is 0.524. The molecule has 1 saturated carbocycles. The van der Waals surface area contributed by atoms with Crippen LogP contribution in [0.25, 0.3) is 0 Å². The minimum absolute atomic E-state index is 0.161. The minimum Gasteiger partial charge on any atom is -0.385 e. The number of aryl methyl sites for hydroxylation is 1. The molecule has 2 aromatic rings. The number of benzene rings is 1. The molecule has 0 saturated heterocycles. The van der Waals surface area contributed by atoms with E-state index in [2.05, 4.69) is 0 Å². The normalized spacial score (nSPS) is 14.3. The van der Waals surface area contributed by atoms with Gasteiger partial charge >= 0.3 is 0 Å². The van der Waals surface area contributed by atoms with Crippen molar-refractivity contribution in [2.45, 2.75) is 36.7 Å². The molecule has 1 aliphatic rings. The van der Waals surface area contributed by atoms with Gasteiger partial charge in [0.25, 0.3) is 0 Å². The first-order valence-corrected chi connectivity index (χ1v) is 11.3. The van der Waals surface area contributed by atoms with E-state index < -0.39 is 10.0 Å². The van der Waals surface area contributed by atoms with E-state index in [4.69, 9.17) is 4.74 Å². The fourth-order valence-corrected chi connectivity index (χ4v) is 4.74. The molecular weight excluding hydrogens is 390 g/mol. The van der Waals surface area contributed by atoms with Gasteiger partial charge in [0, 0.05) is 45.2 Å². The van der Waals surface area contributed by atoms with E-state index in [-0.39, 0.29) is 29.9 Å². The first-order valence-electron chi connectivity index (χ1n) is 9.87. The van der Waals surface area contributed by atoms with Crippen LogP contribution < -0.4 is 0 Å². The van der Waals surface area contributed by atoms with Gasteiger partial charge in [-0.05, 0) is 43.5 Å². The zero-order chi connectivity index (χ0) is 20.9. The number of rotatable bonds is 11. The van der Waals surface area contributed by atoms with Crippen LogP contribution in [0.5, 0.6) is 0 Å². The number of methoxy groups -OCH3 is 1. The fraction of sp³-hybridized carbons (Fsp3) is 0.476. The van der Waals surface area contributed by atoms with E-state index in [0.717, 1.165) is 18.5 Å². The summed E-state index contributed by atoms with van der Waals surface area (Å²) in [6.45, 7) is 0.996. The Bertz CT molecular complexity index is 907. The van der Waals surface area contributed by atoms with Crippen LogP contribution in [0.4, 0.5) is 0 Å². The molecule has 1 aliphatic carbocycles. The molecule has 1 aromatic carbocycles. The van der Waals surface area contributed by atoms with Crippen LogP contribution in [0.2, 0.25) is 0 Å². The van der Waals surface area contributed by atoms with Gasteiger partial charge in [-0.1, -0.05) is 18.2 Å². The van der Waals surface area contributed by atoms with Crippen LogP contribution in [0.15, 0.2) is 53.6 Å². The Hall–Kier alpha value is -2.16. The van der Waals surface area contributed by atoms with E-state index >= 15 is 0 Å². The molecule has 7 nitrogen and oxygen atoms in total. The van der Waals surface area contributed by atoms with E-state index in [9.17, 15) is 13.2 Å². The van der Waals surface area contributed by atoms with E-state index in [1.165, 1.54) is 4.31 Å². The highest BCUT2D eigenvalue weighted by Gasteiger charge is 2.35. The third-order valence-corrected chi connectivity index (χ3v) is 7.00. The summed E-state index contributed by atoms with van der Waals surface area (Å²) in [5.74, 6) is -0.161. The lowest BCUT2D eigenvalue weighted by Crippen LogP contribution is -2.44. The summed E-state index contributed by atoms with van der Waals surface area (Å²) < 4.78 is 34.6. The molecule has 158 valence electrons. The molecule has 0 radical (unpaired) electrons. The number of carbonyl (C=O) groups excluding carboxylic acids is 1. The molecule has 1 fully saturated rings. The highest BCUT2D eigenvalue weighted by molar-refractivity contribution is 7.89. The second-order valence-corrected chi connectivity index (χ2v) is 9.30. The number of nitrogens with zero attached hydrogens (tertiary/aromatic N) is 3. The van der Waals surface area contributed by atoms with Crippen molar-refractivity contribution in [3.05, 3.63) is 54.4 Å². The molecule has 0 N–H and O–H groups in total. The summed E-state index contributed by atoms with van der Waals surface area (Å²) >= 11 is 0. The van der Waals surface area contributed by atoms with Crippen LogP contribution in [0.3, 0.4) is 0 Å². The van der Waals surface area contributed by atoms with Gasteiger partial charge in [0.1, 0.15) is 0 Å². The second-order valence-electron chi connectivity index (χ2n) is 7.36. The third kappa shape index (κ3) is 5.46. The average Bonchev–Trinajstić information content (AvgIpc) is 3.48. The molecule has 0 aliphatic heterocycles. The zero-order valence-corrected chi connectivity index (χ0v) is 17.8. The predicted molar refractivity (Wildman–Crippen MR) is 111 cm³/mol. The van der Waals surface area contributed by atoms with Crippen molar-refractivity contribution in [2.75, 3.05) is 26.8 Å². The maximum Gasteiger partial charge on any atom is 0.243 e. The van der Waals surface area contributed by atoms with Gasteiger partial charge in [0.15, 0.2) is 0 Å². The number of ether oxygens (including phenoxy) is 1. The van der Waals surface area contributed by atoms with Gasteiger partial charge in [0.05, 0.1) is 18.0 Å². The minimum atomic E-state index is -3.76. The molecule has 1 aromatic heterocycles. The van der Waals surface area contributed by atoms with Crippen molar-refractivity contribution in [2.24, 2.45) is 7.05 Å². The topological polar surface area (TPSA) is 71.8 Å².